The number of ether oxygens (including phenoxy) is 1. The fraction of sp³-hybridized carbons (Fsp3) is 0.318. The Morgan fingerprint density at radius 2 is 1.64 bits per heavy atom. The third-order valence-corrected chi connectivity index (χ3v) is 4.32. The summed E-state index contributed by atoms with van der Waals surface area (Å²) in [4.78, 5) is 38.0. The zero-order chi connectivity index (χ0) is 20.7. The van der Waals surface area contributed by atoms with E-state index in [4.69, 9.17) is 4.74 Å². The Bertz CT molecular complexity index is 829. The van der Waals surface area contributed by atoms with Crippen molar-refractivity contribution in [2.75, 3.05) is 18.9 Å². The Morgan fingerprint density at radius 3 is 2.21 bits per heavy atom. The highest BCUT2D eigenvalue weighted by atomic mass is 16.5. The summed E-state index contributed by atoms with van der Waals surface area (Å²) < 4.78 is 5.24. The van der Waals surface area contributed by atoms with Crippen LogP contribution in [-0.2, 0) is 20.7 Å². The fourth-order valence-corrected chi connectivity index (χ4v) is 2.60. The molecule has 2 amide bonds. The number of nitrogens with zero attached hydrogens (tertiary/aromatic N) is 1. The molecule has 148 valence electrons. The molecule has 28 heavy (non-hydrogen) atoms. The topological polar surface area (TPSA) is 75.7 Å². The molecule has 0 saturated heterocycles. The zero-order valence-corrected chi connectivity index (χ0v) is 16.7. The first kappa shape index (κ1) is 21.2. The number of amides is 2. The monoisotopic (exact) mass is 382 g/mol. The summed E-state index contributed by atoms with van der Waals surface area (Å²) in [5, 5.41) is 2.73. The zero-order valence-electron chi connectivity index (χ0n) is 16.7. The molecule has 2 rings (SSSR count). The number of nitrogens with one attached hydrogen (secondary N) is 1. The highest BCUT2D eigenvalue weighted by Gasteiger charge is 2.23. The molecule has 2 aromatic rings. The molecular weight excluding hydrogens is 356 g/mol. The van der Waals surface area contributed by atoms with Crippen molar-refractivity contribution in [2.24, 2.45) is 0 Å². The Kier molecular flexibility index (Phi) is 7.32. The second-order valence-electron chi connectivity index (χ2n) is 6.71. The molecule has 0 radical (unpaired) electrons. The molecule has 0 aliphatic carbocycles. The van der Waals surface area contributed by atoms with Crippen molar-refractivity contribution >= 4 is 23.5 Å². The highest BCUT2D eigenvalue weighted by molar-refractivity contribution is 5.96. The van der Waals surface area contributed by atoms with E-state index in [1.807, 2.05) is 38.1 Å². The average molecular weight is 382 g/mol. The normalized spacial score (nSPS) is 11.4. The molecule has 0 aliphatic rings. The maximum atomic E-state index is 12.4. The van der Waals surface area contributed by atoms with E-state index in [0.29, 0.717) is 11.3 Å². The molecule has 0 bridgehead atoms. The lowest BCUT2D eigenvalue weighted by atomic mass is 10.1. The molecule has 0 unspecified atom stereocenters. The standard InChI is InChI=1S/C22H26N2O4/c1-5-17-8-10-18(11-9-17)22(27)28-16(3)21(26)24(4)14-20(25)23-19-12-6-15(2)7-13-19/h6-13,16H,5,14H2,1-4H3,(H,23,25)/t16-/m1/s1. The lowest BCUT2D eigenvalue weighted by molar-refractivity contribution is -0.140. The van der Waals surface area contributed by atoms with Crippen LogP contribution in [-0.4, -0.2) is 42.4 Å². The Hall–Kier alpha value is -3.15. The van der Waals surface area contributed by atoms with Gasteiger partial charge in [0.15, 0.2) is 6.10 Å². The van der Waals surface area contributed by atoms with Gasteiger partial charge in [-0.15, -0.1) is 0 Å². The highest BCUT2D eigenvalue weighted by Crippen LogP contribution is 2.10. The summed E-state index contributed by atoms with van der Waals surface area (Å²) in [6.07, 6.45) is -0.116. The first-order valence-corrected chi connectivity index (χ1v) is 9.21. The van der Waals surface area contributed by atoms with Crippen LogP contribution in [0, 0.1) is 6.92 Å². The van der Waals surface area contributed by atoms with Gasteiger partial charge < -0.3 is 15.0 Å². The number of hydrogen-bond donors (Lipinski definition) is 1. The van der Waals surface area contributed by atoms with Crippen LogP contribution in [0.15, 0.2) is 48.5 Å². The van der Waals surface area contributed by atoms with E-state index >= 15 is 0 Å². The van der Waals surface area contributed by atoms with Gasteiger partial charge in [-0.1, -0.05) is 36.8 Å². The van der Waals surface area contributed by atoms with Gasteiger partial charge in [-0.05, 0) is 50.1 Å². The molecule has 0 aliphatic heterocycles. The van der Waals surface area contributed by atoms with Crippen LogP contribution in [0.4, 0.5) is 5.69 Å². The predicted octanol–water partition coefficient (Wildman–Crippen LogP) is 3.20. The molecule has 0 aromatic heterocycles. The number of benzene rings is 2. The van der Waals surface area contributed by atoms with Crippen molar-refractivity contribution in [3.63, 3.8) is 0 Å². The van der Waals surface area contributed by atoms with Gasteiger partial charge in [0.05, 0.1) is 12.1 Å². The van der Waals surface area contributed by atoms with E-state index in [9.17, 15) is 14.4 Å². The summed E-state index contributed by atoms with van der Waals surface area (Å²) in [5.74, 6) is -1.34. The fourth-order valence-electron chi connectivity index (χ4n) is 2.60. The van der Waals surface area contributed by atoms with Crippen LogP contribution in [0.3, 0.4) is 0 Å². The van der Waals surface area contributed by atoms with Crippen molar-refractivity contribution in [3.05, 3.63) is 65.2 Å². The second kappa shape index (κ2) is 9.69. The average Bonchev–Trinajstić information content (AvgIpc) is 2.68. The summed E-state index contributed by atoms with van der Waals surface area (Å²) >= 11 is 0. The number of aryl methyl sites for hydroxylation is 2. The molecule has 1 N–H and O–H groups in total. The Morgan fingerprint density at radius 1 is 1.04 bits per heavy atom. The van der Waals surface area contributed by atoms with Crippen molar-refractivity contribution < 1.29 is 19.1 Å². The summed E-state index contributed by atoms with van der Waals surface area (Å²) in [5.41, 5.74) is 3.24. The predicted molar refractivity (Wildman–Crippen MR) is 108 cm³/mol. The van der Waals surface area contributed by atoms with Gasteiger partial charge in [0.1, 0.15) is 0 Å². The maximum absolute atomic E-state index is 12.4. The number of hydrogen-bond acceptors (Lipinski definition) is 4. The first-order chi connectivity index (χ1) is 13.3. The number of rotatable bonds is 7. The molecular formula is C22H26N2O4. The molecule has 2 aromatic carbocycles. The van der Waals surface area contributed by atoms with E-state index < -0.39 is 18.0 Å². The quantitative estimate of drug-likeness (QED) is 0.746. The van der Waals surface area contributed by atoms with Crippen LogP contribution in [0.2, 0.25) is 0 Å². The molecule has 6 nitrogen and oxygen atoms in total. The molecule has 1 atom stereocenters. The lowest BCUT2D eigenvalue weighted by Crippen LogP contribution is -2.41. The van der Waals surface area contributed by atoms with E-state index in [2.05, 4.69) is 5.32 Å². The van der Waals surface area contributed by atoms with Crippen LogP contribution >= 0.6 is 0 Å². The van der Waals surface area contributed by atoms with Crippen molar-refractivity contribution in [2.45, 2.75) is 33.3 Å². The number of carbonyl (C=O) groups is 3. The van der Waals surface area contributed by atoms with Crippen LogP contribution in [0.1, 0.15) is 35.3 Å². The summed E-state index contributed by atoms with van der Waals surface area (Å²) in [6.45, 7) is 5.34. The van der Waals surface area contributed by atoms with E-state index in [1.54, 1.807) is 24.3 Å². The van der Waals surface area contributed by atoms with Gasteiger partial charge in [0, 0.05) is 12.7 Å². The number of anilines is 1. The van der Waals surface area contributed by atoms with E-state index in [-0.39, 0.29) is 12.5 Å². The third-order valence-electron chi connectivity index (χ3n) is 4.32. The molecule has 0 spiro atoms. The molecule has 0 saturated carbocycles. The smallest absolute Gasteiger partial charge is 0.338 e. The van der Waals surface area contributed by atoms with Crippen LogP contribution < -0.4 is 5.32 Å². The van der Waals surface area contributed by atoms with Crippen molar-refractivity contribution in [1.82, 2.24) is 4.90 Å². The third kappa shape index (κ3) is 5.94. The first-order valence-electron chi connectivity index (χ1n) is 9.21. The van der Waals surface area contributed by atoms with Crippen molar-refractivity contribution in [1.29, 1.82) is 0 Å². The number of carbonyl (C=O) groups excluding carboxylic acids is 3. The van der Waals surface area contributed by atoms with Gasteiger partial charge in [-0.3, -0.25) is 9.59 Å². The SMILES string of the molecule is CCc1ccc(C(=O)O[C@H](C)C(=O)N(C)CC(=O)Nc2ccc(C)cc2)cc1. The number of likely N-dealkylation sites (N-methyl/N-ethyl adjacent to an activating group) is 1. The minimum atomic E-state index is -0.990. The molecule has 0 fully saturated rings. The van der Waals surface area contributed by atoms with Gasteiger partial charge in [-0.25, -0.2) is 4.79 Å². The van der Waals surface area contributed by atoms with Gasteiger partial charge in [-0.2, -0.15) is 0 Å². The van der Waals surface area contributed by atoms with Crippen LogP contribution in [0.25, 0.3) is 0 Å². The minimum Gasteiger partial charge on any atom is -0.449 e. The van der Waals surface area contributed by atoms with Crippen molar-refractivity contribution in [3.8, 4) is 0 Å². The van der Waals surface area contributed by atoms with E-state index in [0.717, 1.165) is 17.5 Å². The van der Waals surface area contributed by atoms with E-state index in [1.165, 1.54) is 18.9 Å². The lowest BCUT2D eigenvalue weighted by Gasteiger charge is -2.21. The summed E-state index contributed by atoms with van der Waals surface area (Å²) in [6, 6.07) is 14.4. The number of esters is 1. The largest absolute Gasteiger partial charge is 0.449 e. The Labute approximate surface area is 165 Å². The van der Waals surface area contributed by atoms with Gasteiger partial charge in [0.25, 0.3) is 5.91 Å². The van der Waals surface area contributed by atoms with Gasteiger partial charge in [0.2, 0.25) is 5.91 Å². The molecule has 6 heteroatoms. The second-order valence-corrected chi connectivity index (χ2v) is 6.71. The van der Waals surface area contributed by atoms with Crippen LogP contribution in [0.5, 0.6) is 0 Å². The summed E-state index contributed by atoms with van der Waals surface area (Å²) in [7, 11) is 1.50. The minimum absolute atomic E-state index is 0.139. The van der Waals surface area contributed by atoms with Gasteiger partial charge >= 0.3 is 5.97 Å². The maximum Gasteiger partial charge on any atom is 0.338 e. The molecule has 0 heterocycles. The Balaban J connectivity index is 1.87.